The molecule has 0 bridgehead atoms. The van der Waals surface area contributed by atoms with E-state index in [1.54, 1.807) is 7.11 Å². The van der Waals surface area contributed by atoms with Gasteiger partial charge in [0.1, 0.15) is 0 Å². The van der Waals surface area contributed by atoms with Crippen molar-refractivity contribution < 1.29 is 4.74 Å². The molecule has 0 rings (SSSR count). The fourth-order valence-corrected chi connectivity index (χ4v) is 2.59. The third-order valence-corrected chi connectivity index (χ3v) is 7.50. The summed E-state index contributed by atoms with van der Waals surface area (Å²) in [5, 5.41) is 0. The fraction of sp³-hybridized carbons (Fsp3) is 1.00. The molecule has 0 radical (unpaired) electrons. The first-order valence-electron chi connectivity index (χ1n) is 4.49. The van der Waals surface area contributed by atoms with E-state index in [1.807, 2.05) is 0 Å². The van der Waals surface area contributed by atoms with Crippen molar-refractivity contribution in [1.82, 2.24) is 0 Å². The Morgan fingerprint density at radius 1 is 1.27 bits per heavy atom. The Morgan fingerprint density at radius 3 is 2.18 bits per heavy atom. The second-order valence-electron chi connectivity index (χ2n) is 4.24. The molecule has 0 heterocycles. The number of rotatable bonds is 5. The second kappa shape index (κ2) is 4.94. The lowest BCUT2D eigenvalue weighted by atomic mass is 10.5. The topological polar surface area (TPSA) is 9.23 Å². The molecule has 0 atom stereocenters. The second-order valence-corrected chi connectivity index (χ2v) is 9.87. The average Bonchev–Trinajstić information content (AvgIpc) is 1.88. The Labute approximate surface area is 72.2 Å². The summed E-state index contributed by atoms with van der Waals surface area (Å²) in [6, 6.07) is 1.40. The van der Waals surface area contributed by atoms with E-state index in [0.29, 0.717) is 0 Å². The standard InChI is InChI=1S/C9H22OSi/c1-9(2)11(4,5)8-6-7-10-3/h9H,6-8H2,1-5H3. The van der Waals surface area contributed by atoms with Gasteiger partial charge in [-0.15, -0.1) is 0 Å². The number of hydrogen-bond acceptors (Lipinski definition) is 1. The first-order valence-corrected chi connectivity index (χ1v) is 7.78. The molecule has 0 aliphatic rings. The van der Waals surface area contributed by atoms with Crippen molar-refractivity contribution in [3.05, 3.63) is 0 Å². The number of ether oxygens (including phenoxy) is 1. The maximum atomic E-state index is 5.04. The van der Waals surface area contributed by atoms with Gasteiger partial charge in [-0.2, -0.15) is 0 Å². The van der Waals surface area contributed by atoms with Crippen molar-refractivity contribution in [3.8, 4) is 0 Å². The predicted octanol–water partition coefficient (Wildman–Crippen LogP) is 3.14. The van der Waals surface area contributed by atoms with Crippen LogP contribution in [0.5, 0.6) is 0 Å². The van der Waals surface area contributed by atoms with Gasteiger partial charge in [0.15, 0.2) is 0 Å². The molecular weight excluding hydrogens is 152 g/mol. The van der Waals surface area contributed by atoms with Crippen LogP contribution in [-0.4, -0.2) is 21.8 Å². The van der Waals surface area contributed by atoms with Crippen molar-refractivity contribution in [3.63, 3.8) is 0 Å². The van der Waals surface area contributed by atoms with E-state index in [9.17, 15) is 0 Å². The Morgan fingerprint density at radius 2 is 1.82 bits per heavy atom. The highest BCUT2D eigenvalue weighted by Gasteiger charge is 2.23. The van der Waals surface area contributed by atoms with Gasteiger partial charge >= 0.3 is 0 Å². The van der Waals surface area contributed by atoms with E-state index in [0.717, 1.165) is 12.1 Å². The van der Waals surface area contributed by atoms with Crippen LogP contribution < -0.4 is 0 Å². The van der Waals surface area contributed by atoms with Crippen LogP contribution in [0.4, 0.5) is 0 Å². The zero-order valence-corrected chi connectivity index (χ0v) is 9.61. The van der Waals surface area contributed by atoms with Crippen molar-refractivity contribution in [1.29, 1.82) is 0 Å². The molecule has 2 heteroatoms. The molecule has 0 aliphatic carbocycles. The molecule has 0 saturated carbocycles. The van der Waals surface area contributed by atoms with Gasteiger partial charge in [0, 0.05) is 21.8 Å². The van der Waals surface area contributed by atoms with E-state index in [1.165, 1.54) is 12.5 Å². The lowest BCUT2D eigenvalue weighted by molar-refractivity contribution is 0.198. The smallest absolute Gasteiger partial charge is 0.0500 e. The highest BCUT2D eigenvalue weighted by molar-refractivity contribution is 6.78. The Bertz CT molecular complexity index is 99.7. The summed E-state index contributed by atoms with van der Waals surface area (Å²) in [6.45, 7) is 10.6. The van der Waals surface area contributed by atoms with Gasteiger partial charge in [0.25, 0.3) is 0 Å². The van der Waals surface area contributed by atoms with E-state index in [4.69, 9.17) is 4.74 Å². The maximum Gasteiger partial charge on any atom is 0.0500 e. The molecule has 0 spiro atoms. The molecule has 0 fully saturated rings. The summed E-state index contributed by atoms with van der Waals surface area (Å²) < 4.78 is 5.04. The molecule has 0 saturated heterocycles. The zero-order chi connectivity index (χ0) is 8.91. The van der Waals surface area contributed by atoms with Gasteiger partial charge in [0.05, 0.1) is 0 Å². The van der Waals surface area contributed by atoms with Crippen LogP contribution in [0.2, 0.25) is 24.7 Å². The Balaban J connectivity index is 3.55. The normalized spacial score (nSPS) is 12.5. The van der Waals surface area contributed by atoms with Gasteiger partial charge in [-0.3, -0.25) is 0 Å². The van der Waals surface area contributed by atoms with Gasteiger partial charge in [0.2, 0.25) is 0 Å². The van der Waals surface area contributed by atoms with Crippen LogP contribution in [0.3, 0.4) is 0 Å². The highest BCUT2D eigenvalue weighted by Crippen LogP contribution is 2.25. The van der Waals surface area contributed by atoms with Gasteiger partial charge < -0.3 is 4.74 Å². The average molecular weight is 174 g/mol. The minimum atomic E-state index is -0.898. The zero-order valence-electron chi connectivity index (χ0n) is 8.61. The number of methoxy groups -OCH3 is 1. The highest BCUT2D eigenvalue weighted by atomic mass is 28.3. The molecule has 0 aromatic rings. The first-order chi connectivity index (χ1) is 5.00. The molecule has 0 N–H and O–H groups in total. The minimum Gasteiger partial charge on any atom is -0.385 e. The van der Waals surface area contributed by atoms with Crippen molar-refractivity contribution in [2.45, 2.75) is 44.9 Å². The monoisotopic (exact) mass is 174 g/mol. The predicted molar refractivity (Wildman–Crippen MR) is 53.9 cm³/mol. The van der Waals surface area contributed by atoms with E-state index < -0.39 is 8.07 Å². The lowest BCUT2D eigenvalue weighted by Crippen LogP contribution is -2.29. The molecule has 0 unspecified atom stereocenters. The maximum absolute atomic E-state index is 5.04. The van der Waals surface area contributed by atoms with Crippen LogP contribution in [0.25, 0.3) is 0 Å². The third kappa shape index (κ3) is 4.59. The SMILES string of the molecule is COCCC[Si](C)(C)C(C)C. The van der Waals surface area contributed by atoms with Crippen molar-refractivity contribution >= 4 is 8.07 Å². The first kappa shape index (κ1) is 11.2. The van der Waals surface area contributed by atoms with Crippen molar-refractivity contribution in [2.24, 2.45) is 0 Å². The van der Waals surface area contributed by atoms with Crippen LogP contribution in [0.15, 0.2) is 0 Å². The molecule has 0 amide bonds. The summed E-state index contributed by atoms with van der Waals surface area (Å²) in [5.41, 5.74) is 0.902. The quantitative estimate of drug-likeness (QED) is 0.459. The summed E-state index contributed by atoms with van der Waals surface area (Å²) in [5.74, 6) is 0. The van der Waals surface area contributed by atoms with Gasteiger partial charge in [-0.1, -0.05) is 38.5 Å². The summed E-state index contributed by atoms with van der Waals surface area (Å²) >= 11 is 0. The van der Waals surface area contributed by atoms with Crippen LogP contribution in [-0.2, 0) is 4.74 Å². The molecule has 68 valence electrons. The molecule has 0 aromatic carbocycles. The third-order valence-electron chi connectivity index (χ3n) is 2.73. The van der Waals surface area contributed by atoms with Crippen molar-refractivity contribution in [2.75, 3.05) is 13.7 Å². The van der Waals surface area contributed by atoms with Gasteiger partial charge in [-0.25, -0.2) is 0 Å². The van der Waals surface area contributed by atoms with E-state index in [-0.39, 0.29) is 0 Å². The van der Waals surface area contributed by atoms with E-state index >= 15 is 0 Å². The molecule has 0 aromatic heterocycles. The van der Waals surface area contributed by atoms with Crippen LogP contribution >= 0.6 is 0 Å². The van der Waals surface area contributed by atoms with Crippen LogP contribution in [0.1, 0.15) is 20.3 Å². The van der Waals surface area contributed by atoms with E-state index in [2.05, 4.69) is 26.9 Å². The summed E-state index contributed by atoms with van der Waals surface area (Å²) in [7, 11) is 0.884. The molecule has 11 heavy (non-hydrogen) atoms. The minimum absolute atomic E-state index is 0.898. The Hall–Kier alpha value is 0.177. The van der Waals surface area contributed by atoms with Gasteiger partial charge in [-0.05, 0) is 6.42 Å². The molecular formula is C9H22OSi. The fourth-order valence-electron chi connectivity index (χ4n) is 0.961. The number of hydrogen-bond donors (Lipinski definition) is 0. The summed E-state index contributed by atoms with van der Waals surface area (Å²) in [6.07, 6.45) is 1.24. The molecule has 1 nitrogen and oxygen atoms in total. The van der Waals surface area contributed by atoms with Crippen LogP contribution in [0, 0.1) is 0 Å². The Kier molecular flexibility index (Phi) is 5.02. The summed E-state index contributed by atoms with van der Waals surface area (Å²) in [4.78, 5) is 0. The largest absolute Gasteiger partial charge is 0.385 e. The lowest BCUT2D eigenvalue weighted by Gasteiger charge is -2.26. The molecule has 0 aliphatic heterocycles.